The van der Waals surface area contributed by atoms with Crippen LogP contribution in [0.3, 0.4) is 0 Å². The Morgan fingerprint density at radius 3 is 2.50 bits per heavy atom. The normalized spacial score (nSPS) is 11.9. The first-order valence-corrected chi connectivity index (χ1v) is 8.03. The van der Waals surface area contributed by atoms with Gasteiger partial charge in [-0.05, 0) is 31.4 Å². The summed E-state index contributed by atoms with van der Waals surface area (Å²) in [5, 5.41) is 4.45. The van der Waals surface area contributed by atoms with Crippen LogP contribution in [0, 0.1) is 12.8 Å². The first-order valence-electron chi connectivity index (χ1n) is 8.03. The molecule has 0 saturated carbocycles. The highest BCUT2D eigenvalue weighted by atomic mass is 35.5. The molecule has 6 heteroatoms. The van der Waals surface area contributed by atoms with Gasteiger partial charge in [-0.15, -0.1) is 12.4 Å². The van der Waals surface area contributed by atoms with Crippen LogP contribution in [0.15, 0.2) is 36.5 Å². The summed E-state index contributed by atoms with van der Waals surface area (Å²) in [6.45, 7) is 6.70. The molecule has 0 spiro atoms. The van der Waals surface area contributed by atoms with Gasteiger partial charge in [-0.2, -0.15) is 5.10 Å². The van der Waals surface area contributed by atoms with Crippen molar-refractivity contribution < 1.29 is 4.79 Å². The zero-order valence-electron chi connectivity index (χ0n) is 14.8. The predicted octanol–water partition coefficient (Wildman–Crippen LogP) is 3.05. The van der Waals surface area contributed by atoms with Crippen LogP contribution >= 0.6 is 12.4 Å². The van der Waals surface area contributed by atoms with Crippen molar-refractivity contribution in [2.24, 2.45) is 11.7 Å². The third-order valence-corrected chi connectivity index (χ3v) is 4.15. The first kappa shape index (κ1) is 20.2. The second kappa shape index (κ2) is 8.85. The molecule has 0 aliphatic heterocycles. The molecule has 1 aromatic heterocycles. The van der Waals surface area contributed by atoms with E-state index in [0.29, 0.717) is 18.0 Å². The van der Waals surface area contributed by atoms with Crippen molar-refractivity contribution in [3.05, 3.63) is 47.8 Å². The van der Waals surface area contributed by atoms with Gasteiger partial charge in [0.1, 0.15) is 0 Å². The molecule has 5 nitrogen and oxygen atoms in total. The summed E-state index contributed by atoms with van der Waals surface area (Å²) >= 11 is 0. The number of hydrogen-bond acceptors (Lipinski definition) is 3. The number of aryl methyl sites for hydroxylation is 1. The molecular weight excluding hydrogens is 324 g/mol. The fourth-order valence-corrected chi connectivity index (χ4v) is 2.37. The number of benzene rings is 1. The van der Waals surface area contributed by atoms with E-state index in [9.17, 15) is 4.79 Å². The number of nitrogens with zero attached hydrogens (tertiary/aromatic N) is 3. The minimum Gasteiger partial charge on any atom is -0.342 e. The van der Waals surface area contributed by atoms with Crippen LogP contribution in [0.4, 0.5) is 0 Å². The second-order valence-electron chi connectivity index (χ2n) is 6.33. The van der Waals surface area contributed by atoms with Crippen LogP contribution in [-0.4, -0.2) is 40.2 Å². The zero-order valence-corrected chi connectivity index (χ0v) is 15.6. The summed E-state index contributed by atoms with van der Waals surface area (Å²) in [6.07, 6.45) is 2.59. The predicted molar refractivity (Wildman–Crippen MR) is 99.9 cm³/mol. The highest BCUT2D eigenvalue weighted by Crippen LogP contribution is 2.14. The summed E-state index contributed by atoms with van der Waals surface area (Å²) in [7, 11) is 1.81. The molecule has 0 fully saturated rings. The molecular formula is C18H27ClN4O. The van der Waals surface area contributed by atoms with E-state index < -0.39 is 0 Å². The Balaban J connectivity index is 0.00000288. The monoisotopic (exact) mass is 350 g/mol. The Morgan fingerprint density at radius 2 is 1.92 bits per heavy atom. The van der Waals surface area contributed by atoms with Crippen LogP contribution in [0.1, 0.15) is 36.3 Å². The number of carbonyl (C=O) groups is 1. The Kier molecular flexibility index (Phi) is 7.45. The van der Waals surface area contributed by atoms with E-state index in [-0.39, 0.29) is 24.4 Å². The zero-order chi connectivity index (χ0) is 17.0. The molecule has 1 unspecified atom stereocenters. The van der Waals surface area contributed by atoms with Gasteiger partial charge in [-0.1, -0.05) is 32.0 Å². The van der Waals surface area contributed by atoms with Gasteiger partial charge < -0.3 is 10.6 Å². The lowest BCUT2D eigenvalue weighted by atomic mass is 10.0. The molecule has 1 amide bonds. The van der Waals surface area contributed by atoms with Gasteiger partial charge in [0.2, 0.25) is 0 Å². The molecule has 0 aliphatic carbocycles. The van der Waals surface area contributed by atoms with Crippen molar-refractivity contribution >= 4 is 18.3 Å². The molecule has 0 saturated heterocycles. The summed E-state index contributed by atoms with van der Waals surface area (Å²) in [5.41, 5.74) is 8.37. The van der Waals surface area contributed by atoms with Gasteiger partial charge in [0.05, 0.1) is 16.9 Å². The lowest BCUT2D eigenvalue weighted by Gasteiger charge is -2.21. The number of carbonyl (C=O) groups excluding carboxylic acids is 1. The lowest BCUT2D eigenvalue weighted by molar-refractivity contribution is 0.0788. The third-order valence-electron chi connectivity index (χ3n) is 4.15. The Hall–Kier alpha value is -1.85. The molecule has 0 radical (unpaired) electrons. The van der Waals surface area contributed by atoms with Crippen LogP contribution in [0.5, 0.6) is 0 Å². The largest absolute Gasteiger partial charge is 0.342 e. The summed E-state index contributed by atoms with van der Waals surface area (Å²) in [5.74, 6) is 0.404. The molecule has 2 N–H and O–H groups in total. The fraction of sp³-hybridized carbons (Fsp3) is 0.444. The summed E-state index contributed by atoms with van der Waals surface area (Å²) in [4.78, 5) is 14.3. The molecule has 1 aromatic carbocycles. The maximum absolute atomic E-state index is 12.6. The van der Waals surface area contributed by atoms with Crippen molar-refractivity contribution in [1.29, 1.82) is 0 Å². The Morgan fingerprint density at radius 1 is 1.29 bits per heavy atom. The van der Waals surface area contributed by atoms with Crippen molar-refractivity contribution in [1.82, 2.24) is 14.7 Å². The standard InChI is InChI=1S/C18H26N4O.ClH/c1-13(2)17(19)10-11-21(4)18(23)16-12-22(20-14(16)3)15-8-6-5-7-9-15;/h5-9,12-13,17H,10-11,19H2,1-4H3;1H. The van der Waals surface area contributed by atoms with Gasteiger partial charge >= 0.3 is 0 Å². The topological polar surface area (TPSA) is 64.2 Å². The van der Waals surface area contributed by atoms with E-state index >= 15 is 0 Å². The second-order valence-corrected chi connectivity index (χ2v) is 6.33. The SMILES string of the molecule is Cc1nn(-c2ccccc2)cc1C(=O)N(C)CCC(N)C(C)C.Cl. The van der Waals surface area contributed by atoms with E-state index in [2.05, 4.69) is 18.9 Å². The van der Waals surface area contributed by atoms with Gasteiger partial charge in [0.15, 0.2) is 0 Å². The minimum atomic E-state index is -0.0133. The number of rotatable bonds is 6. The van der Waals surface area contributed by atoms with Crippen LogP contribution in [0.25, 0.3) is 5.69 Å². The van der Waals surface area contributed by atoms with Crippen molar-refractivity contribution in [2.45, 2.75) is 33.2 Å². The van der Waals surface area contributed by atoms with Crippen LogP contribution in [-0.2, 0) is 0 Å². The number of hydrogen-bond donors (Lipinski definition) is 1. The van der Waals surface area contributed by atoms with Crippen LogP contribution in [0.2, 0.25) is 0 Å². The van der Waals surface area contributed by atoms with Gasteiger partial charge in [-0.25, -0.2) is 4.68 Å². The maximum Gasteiger partial charge on any atom is 0.257 e. The molecule has 2 aromatic rings. The maximum atomic E-state index is 12.6. The quantitative estimate of drug-likeness (QED) is 0.870. The molecule has 132 valence electrons. The van der Waals surface area contributed by atoms with Crippen molar-refractivity contribution in [2.75, 3.05) is 13.6 Å². The molecule has 1 heterocycles. The van der Waals surface area contributed by atoms with E-state index in [4.69, 9.17) is 5.73 Å². The average Bonchev–Trinajstić information content (AvgIpc) is 2.94. The Labute approximate surface area is 150 Å². The molecule has 1 atom stereocenters. The smallest absolute Gasteiger partial charge is 0.257 e. The molecule has 24 heavy (non-hydrogen) atoms. The van der Waals surface area contributed by atoms with E-state index in [1.807, 2.05) is 44.3 Å². The highest BCUT2D eigenvalue weighted by Gasteiger charge is 2.19. The van der Waals surface area contributed by atoms with Gasteiger partial charge in [-0.3, -0.25) is 4.79 Å². The number of halogens is 1. The number of nitrogens with two attached hydrogens (primary N) is 1. The number of para-hydroxylation sites is 1. The fourth-order valence-electron chi connectivity index (χ4n) is 2.37. The van der Waals surface area contributed by atoms with Crippen molar-refractivity contribution in [3.63, 3.8) is 0 Å². The minimum absolute atomic E-state index is 0. The van der Waals surface area contributed by atoms with E-state index in [0.717, 1.165) is 17.8 Å². The number of aromatic nitrogens is 2. The van der Waals surface area contributed by atoms with E-state index in [1.165, 1.54) is 0 Å². The molecule has 2 rings (SSSR count). The van der Waals surface area contributed by atoms with Gasteiger partial charge in [0, 0.05) is 25.8 Å². The van der Waals surface area contributed by atoms with Gasteiger partial charge in [0.25, 0.3) is 5.91 Å². The van der Waals surface area contributed by atoms with Crippen molar-refractivity contribution in [3.8, 4) is 5.69 Å². The lowest BCUT2D eigenvalue weighted by Crippen LogP contribution is -2.34. The molecule has 0 aliphatic rings. The average molecular weight is 351 g/mol. The highest BCUT2D eigenvalue weighted by molar-refractivity contribution is 5.95. The third kappa shape index (κ3) is 4.82. The molecule has 0 bridgehead atoms. The van der Waals surface area contributed by atoms with Crippen LogP contribution < -0.4 is 5.73 Å². The summed E-state index contributed by atoms with van der Waals surface area (Å²) in [6, 6.07) is 9.90. The van der Waals surface area contributed by atoms with E-state index in [1.54, 1.807) is 15.8 Å². The first-order chi connectivity index (χ1) is 10.9. The summed E-state index contributed by atoms with van der Waals surface area (Å²) < 4.78 is 1.75. The number of amides is 1. The Bertz CT molecular complexity index is 654.